The van der Waals surface area contributed by atoms with E-state index in [1.54, 1.807) is 11.3 Å². The van der Waals surface area contributed by atoms with Gasteiger partial charge in [0, 0.05) is 5.39 Å². The molecule has 0 spiro atoms. The molecular formula is C15H15NOS. The van der Waals surface area contributed by atoms with Gasteiger partial charge < -0.3 is 9.73 Å². The van der Waals surface area contributed by atoms with E-state index in [-0.39, 0.29) is 6.04 Å². The summed E-state index contributed by atoms with van der Waals surface area (Å²) in [4.78, 5) is 0. The van der Waals surface area contributed by atoms with E-state index in [1.807, 2.05) is 25.2 Å². The number of hydrogen-bond acceptors (Lipinski definition) is 3. The van der Waals surface area contributed by atoms with Gasteiger partial charge in [-0.05, 0) is 48.0 Å². The van der Waals surface area contributed by atoms with E-state index in [9.17, 15) is 0 Å². The zero-order valence-electron chi connectivity index (χ0n) is 10.2. The van der Waals surface area contributed by atoms with Gasteiger partial charge >= 0.3 is 0 Å². The van der Waals surface area contributed by atoms with Crippen molar-refractivity contribution in [3.05, 3.63) is 58.5 Å². The van der Waals surface area contributed by atoms with E-state index >= 15 is 0 Å². The second kappa shape index (κ2) is 4.96. The molecule has 1 aromatic carbocycles. The van der Waals surface area contributed by atoms with Crippen LogP contribution in [-0.4, -0.2) is 7.05 Å². The first-order valence-electron chi connectivity index (χ1n) is 6.03. The van der Waals surface area contributed by atoms with E-state index in [2.05, 4.69) is 34.3 Å². The molecule has 1 atom stereocenters. The first-order valence-corrected chi connectivity index (χ1v) is 6.98. The fraction of sp³-hybridized carbons (Fsp3) is 0.200. The van der Waals surface area contributed by atoms with Gasteiger partial charge in [-0.2, -0.15) is 11.3 Å². The molecule has 92 valence electrons. The lowest BCUT2D eigenvalue weighted by Crippen LogP contribution is -2.17. The molecule has 18 heavy (non-hydrogen) atoms. The quantitative estimate of drug-likeness (QED) is 0.764. The summed E-state index contributed by atoms with van der Waals surface area (Å²) in [5, 5.41) is 8.79. The Labute approximate surface area is 110 Å². The zero-order valence-corrected chi connectivity index (χ0v) is 11.0. The topological polar surface area (TPSA) is 25.2 Å². The van der Waals surface area contributed by atoms with Crippen molar-refractivity contribution >= 4 is 22.3 Å². The van der Waals surface area contributed by atoms with Crippen LogP contribution in [0.1, 0.15) is 17.4 Å². The molecule has 0 radical (unpaired) electrons. The summed E-state index contributed by atoms with van der Waals surface area (Å²) in [5.74, 6) is 1.00. The molecule has 3 aromatic rings. The molecular weight excluding hydrogens is 242 g/mol. The second-order valence-corrected chi connectivity index (χ2v) is 5.14. The highest BCUT2D eigenvalue weighted by Gasteiger charge is 2.15. The Hall–Kier alpha value is -1.58. The highest BCUT2D eigenvalue weighted by molar-refractivity contribution is 7.07. The van der Waals surface area contributed by atoms with Crippen LogP contribution in [0.4, 0.5) is 0 Å². The Balaban J connectivity index is 1.90. The average molecular weight is 257 g/mol. The molecule has 0 aliphatic heterocycles. The molecule has 1 N–H and O–H groups in total. The van der Waals surface area contributed by atoms with Crippen molar-refractivity contribution in [3.63, 3.8) is 0 Å². The minimum absolute atomic E-state index is 0.229. The molecule has 0 saturated heterocycles. The molecule has 0 amide bonds. The van der Waals surface area contributed by atoms with Crippen LogP contribution in [0.25, 0.3) is 11.0 Å². The van der Waals surface area contributed by atoms with E-state index < -0.39 is 0 Å². The SMILES string of the molecule is CNC(Cc1ccsc1)c1cc2ccccc2o1. The average Bonchev–Trinajstić information content (AvgIpc) is 3.04. The van der Waals surface area contributed by atoms with Gasteiger partial charge in [0.05, 0.1) is 6.04 Å². The van der Waals surface area contributed by atoms with Gasteiger partial charge in [0.25, 0.3) is 0 Å². The van der Waals surface area contributed by atoms with Crippen LogP contribution in [0.5, 0.6) is 0 Å². The predicted octanol–water partition coefficient (Wildman–Crippen LogP) is 4.00. The number of thiophene rings is 1. The molecule has 0 aliphatic rings. The fourth-order valence-corrected chi connectivity index (χ4v) is 2.85. The molecule has 1 unspecified atom stereocenters. The Morgan fingerprint density at radius 2 is 2.17 bits per heavy atom. The largest absolute Gasteiger partial charge is 0.459 e. The van der Waals surface area contributed by atoms with Gasteiger partial charge in [0.2, 0.25) is 0 Å². The van der Waals surface area contributed by atoms with E-state index in [4.69, 9.17) is 4.42 Å². The van der Waals surface area contributed by atoms with E-state index in [0.29, 0.717) is 0 Å². The van der Waals surface area contributed by atoms with Gasteiger partial charge in [0.15, 0.2) is 0 Å². The summed E-state index contributed by atoms with van der Waals surface area (Å²) in [7, 11) is 1.98. The standard InChI is InChI=1S/C15H15NOS/c1-16-13(8-11-6-7-18-10-11)15-9-12-4-2-3-5-14(12)17-15/h2-7,9-10,13,16H,8H2,1H3. The Morgan fingerprint density at radius 3 is 2.89 bits per heavy atom. The van der Waals surface area contributed by atoms with Crippen molar-refractivity contribution < 1.29 is 4.42 Å². The van der Waals surface area contributed by atoms with Crippen molar-refractivity contribution in [2.75, 3.05) is 7.05 Å². The van der Waals surface area contributed by atoms with Crippen LogP contribution in [0.2, 0.25) is 0 Å². The summed E-state index contributed by atoms with van der Waals surface area (Å²) in [6.45, 7) is 0. The van der Waals surface area contributed by atoms with Gasteiger partial charge in [-0.15, -0.1) is 0 Å². The summed E-state index contributed by atoms with van der Waals surface area (Å²) in [5.41, 5.74) is 2.30. The van der Waals surface area contributed by atoms with Gasteiger partial charge in [-0.1, -0.05) is 18.2 Å². The first-order chi connectivity index (χ1) is 8.86. The molecule has 3 heteroatoms. The second-order valence-electron chi connectivity index (χ2n) is 4.36. The highest BCUT2D eigenvalue weighted by Crippen LogP contribution is 2.26. The van der Waals surface area contributed by atoms with Gasteiger partial charge in [0.1, 0.15) is 11.3 Å². The number of fused-ring (bicyclic) bond motifs is 1. The smallest absolute Gasteiger partial charge is 0.134 e. The van der Waals surface area contributed by atoms with Gasteiger partial charge in [-0.25, -0.2) is 0 Å². The Kier molecular flexibility index (Phi) is 3.17. The minimum atomic E-state index is 0.229. The number of benzene rings is 1. The zero-order chi connectivity index (χ0) is 12.4. The Morgan fingerprint density at radius 1 is 1.28 bits per heavy atom. The summed E-state index contributed by atoms with van der Waals surface area (Å²) in [6.07, 6.45) is 0.958. The predicted molar refractivity (Wildman–Crippen MR) is 76.0 cm³/mol. The number of furan rings is 1. The lowest BCUT2D eigenvalue weighted by Gasteiger charge is -2.12. The number of rotatable bonds is 4. The van der Waals surface area contributed by atoms with Crippen LogP contribution in [-0.2, 0) is 6.42 Å². The van der Waals surface area contributed by atoms with Crippen LogP contribution in [0.15, 0.2) is 51.6 Å². The normalized spacial score (nSPS) is 12.9. The van der Waals surface area contributed by atoms with Crippen molar-refractivity contribution in [2.45, 2.75) is 12.5 Å². The van der Waals surface area contributed by atoms with Crippen molar-refractivity contribution in [1.82, 2.24) is 5.32 Å². The lowest BCUT2D eigenvalue weighted by atomic mass is 10.1. The Bertz CT molecular complexity index is 594. The first kappa shape index (κ1) is 11.5. The highest BCUT2D eigenvalue weighted by atomic mass is 32.1. The van der Waals surface area contributed by atoms with Crippen molar-refractivity contribution in [2.24, 2.45) is 0 Å². The van der Waals surface area contributed by atoms with Crippen molar-refractivity contribution in [1.29, 1.82) is 0 Å². The minimum Gasteiger partial charge on any atom is -0.459 e. The van der Waals surface area contributed by atoms with Crippen LogP contribution >= 0.6 is 11.3 Å². The molecule has 2 heterocycles. The number of nitrogens with one attached hydrogen (secondary N) is 1. The molecule has 0 bridgehead atoms. The number of likely N-dealkylation sites (N-methyl/N-ethyl adjacent to an activating group) is 1. The summed E-state index contributed by atoms with van der Waals surface area (Å²) < 4.78 is 5.91. The van der Waals surface area contributed by atoms with E-state index in [0.717, 1.165) is 23.2 Å². The lowest BCUT2D eigenvalue weighted by molar-refractivity contribution is 0.451. The maximum absolute atomic E-state index is 5.91. The summed E-state index contributed by atoms with van der Waals surface area (Å²) >= 11 is 1.73. The maximum atomic E-state index is 5.91. The molecule has 2 nitrogen and oxygen atoms in total. The monoisotopic (exact) mass is 257 g/mol. The van der Waals surface area contributed by atoms with Crippen LogP contribution in [0, 0.1) is 0 Å². The number of hydrogen-bond donors (Lipinski definition) is 1. The molecule has 0 fully saturated rings. The fourth-order valence-electron chi connectivity index (χ4n) is 2.16. The maximum Gasteiger partial charge on any atom is 0.134 e. The third kappa shape index (κ3) is 2.19. The van der Waals surface area contributed by atoms with Crippen molar-refractivity contribution in [3.8, 4) is 0 Å². The third-order valence-corrected chi connectivity index (χ3v) is 3.89. The van der Waals surface area contributed by atoms with Gasteiger partial charge in [-0.3, -0.25) is 0 Å². The third-order valence-electron chi connectivity index (χ3n) is 3.16. The van der Waals surface area contributed by atoms with Crippen LogP contribution in [0.3, 0.4) is 0 Å². The molecule has 2 aromatic heterocycles. The van der Waals surface area contributed by atoms with E-state index in [1.165, 1.54) is 5.56 Å². The molecule has 3 rings (SSSR count). The molecule has 0 aliphatic carbocycles. The summed E-state index contributed by atoms with van der Waals surface area (Å²) in [6, 6.07) is 12.7. The number of para-hydroxylation sites is 1. The van der Waals surface area contributed by atoms with Crippen LogP contribution < -0.4 is 5.32 Å². The molecule has 0 saturated carbocycles.